The van der Waals surface area contributed by atoms with Crippen LogP contribution in [0, 0.1) is 0 Å². The number of nitrogens with one attached hydrogen (secondary N) is 2. The highest BCUT2D eigenvalue weighted by molar-refractivity contribution is 7.89. The van der Waals surface area contributed by atoms with E-state index in [2.05, 4.69) is 9.62 Å². The predicted molar refractivity (Wildman–Crippen MR) is 102 cm³/mol. The second kappa shape index (κ2) is 8.76. The molecule has 0 aliphatic carbocycles. The molecule has 0 aromatic heterocycles. The summed E-state index contributed by atoms with van der Waals surface area (Å²) in [5.41, 5.74) is -3.88. The molecule has 1 fully saturated rings. The molecule has 1 unspecified atom stereocenters. The number of carbonyl (C=O) groups excluding carboxylic acids is 1. The standard InChI is InChI=1S/C17H23ClF3N3O4S/c1-3-24-8-4-5-11(10-24)23-29(27,28)12-6-7-14(13(18)9-12)22-15(25)16(2,26)17(19,20)21/h6-7,9,11,23,26H,3-5,8,10H2,1-2H3,(H,22,25)/t11-,16?/m1/s1. The van der Waals surface area contributed by atoms with E-state index in [0.717, 1.165) is 37.7 Å². The summed E-state index contributed by atoms with van der Waals surface area (Å²) in [5, 5.41) is 11.0. The van der Waals surface area contributed by atoms with E-state index in [1.54, 1.807) is 0 Å². The summed E-state index contributed by atoms with van der Waals surface area (Å²) >= 11 is 5.95. The van der Waals surface area contributed by atoms with Crippen molar-refractivity contribution in [2.45, 2.75) is 49.4 Å². The van der Waals surface area contributed by atoms with Gasteiger partial charge in [-0.1, -0.05) is 18.5 Å². The minimum absolute atomic E-state index is 0.184. The third kappa shape index (κ3) is 5.60. The van der Waals surface area contributed by atoms with Crippen LogP contribution in [0.25, 0.3) is 0 Å². The number of alkyl halides is 3. The molecule has 1 aliphatic rings. The lowest BCUT2D eigenvalue weighted by Crippen LogP contribution is -2.52. The molecule has 2 rings (SSSR count). The number of sulfonamides is 1. The summed E-state index contributed by atoms with van der Waals surface area (Å²) < 4.78 is 66.1. The average Bonchev–Trinajstić information content (AvgIpc) is 2.62. The van der Waals surface area contributed by atoms with Crippen LogP contribution in [0.1, 0.15) is 26.7 Å². The second-order valence-electron chi connectivity index (χ2n) is 7.02. The van der Waals surface area contributed by atoms with Crippen LogP contribution in [0.5, 0.6) is 0 Å². The van der Waals surface area contributed by atoms with E-state index in [1.807, 2.05) is 12.2 Å². The Morgan fingerprint density at radius 1 is 1.38 bits per heavy atom. The van der Waals surface area contributed by atoms with Crippen LogP contribution in [0.4, 0.5) is 18.9 Å². The van der Waals surface area contributed by atoms with E-state index in [-0.39, 0.29) is 21.6 Å². The first-order chi connectivity index (χ1) is 13.3. The topological polar surface area (TPSA) is 98.7 Å². The Labute approximate surface area is 172 Å². The number of benzene rings is 1. The molecule has 7 nitrogen and oxygen atoms in total. The summed E-state index contributed by atoms with van der Waals surface area (Å²) in [5.74, 6) is -1.73. The largest absolute Gasteiger partial charge is 0.426 e. The Kier molecular flexibility index (Phi) is 7.21. The monoisotopic (exact) mass is 457 g/mol. The van der Waals surface area contributed by atoms with Crippen molar-refractivity contribution in [1.29, 1.82) is 0 Å². The molecule has 164 valence electrons. The summed E-state index contributed by atoms with van der Waals surface area (Å²) in [4.78, 5) is 13.7. The third-order valence-electron chi connectivity index (χ3n) is 4.77. The number of amides is 1. The molecule has 1 aromatic carbocycles. The van der Waals surface area contributed by atoms with Crippen molar-refractivity contribution in [3.8, 4) is 0 Å². The fraction of sp³-hybridized carbons (Fsp3) is 0.588. The zero-order valence-electron chi connectivity index (χ0n) is 15.9. The summed E-state index contributed by atoms with van der Waals surface area (Å²) in [7, 11) is -3.91. The lowest BCUT2D eigenvalue weighted by molar-refractivity contribution is -0.242. The lowest BCUT2D eigenvalue weighted by Gasteiger charge is -2.32. The first-order valence-corrected chi connectivity index (χ1v) is 10.8. The quantitative estimate of drug-likeness (QED) is 0.609. The van der Waals surface area contributed by atoms with Crippen LogP contribution >= 0.6 is 11.6 Å². The van der Waals surface area contributed by atoms with Gasteiger partial charge in [-0.05, 0) is 51.1 Å². The number of hydrogen-bond donors (Lipinski definition) is 3. The highest BCUT2D eigenvalue weighted by Gasteiger charge is 2.55. The number of likely N-dealkylation sites (tertiary alicyclic amines) is 1. The zero-order valence-corrected chi connectivity index (χ0v) is 17.5. The molecular formula is C17H23ClF3N3O4S. The Morgan fingerprint density at radius 2 is 2.03 bits per heavy atom. The van der Waals surface area contributed by atoms with E-state index in [0.29, 0.717) is 19.9 Å². The van der Waals surface area contributed by atoms with Crippen molar-refractivity contribution in [3.05, 3.63) is 23.2 Å². The minimum atomic E-state index is -5.19. The van der Waals surface area contributed by atoms with Crippen LogP contribution in [-0.4, -0.2) is 61.8 Å². The zero-order chi connectivity index (χ0) is 22.0. The summed E-state index contributed by atoms with van der Waals surface area (Å²) in [6.45, 7) is 4.57. The van der Waals surface area contributed by atoms with Gasteiger partial charge in [0.1, 0.15) is 0 Å². The maximum atomic E-state index is 12.7. The van der Waals surface area contributed by atoms with Gasteiger partial charge in [-0.15, -0.1) is 0 Å². The number of piperidine rings is 1. The number of hydrogen-bond acceptors (Lipinski definition) is 5. The van der Waals surface area contributed by atoms with Gasteiger partial charge in [-0.3, -0.25) is 4.79 Å². The maximum Gasteiger partial charge on any atom is 0.426 e. The van der Waals surface area contributed by atoms with Crippen molar-refractivity contribution in [3.63, 3.8) is 0 Å². The molecule has 3 N–H and O–H groups in total. The number of nitrogens with zero attached hydrogens (tertiary/aromatic N) is 1. The van der Waals surface area contributed by atoms with Crippen molar-refractivity contribution in [2.75, 3.05) is 25.0 Å². The van der Waals surface area contributed by atoms with Gasteiger partial charge in [0, 0.05) is 12.6 Å². The van der Waals surface area contributed by atoms with Crippen molar-refractivity contribution in [2.24, 2.45) is 0 Å². The van der Waals surface area contributed by atoms with Gasteiger partial charge < -0.3 is 15.3 Å². The number of rotatable bonds is 6. The first-order valence-electron chi connectivity index (χ1n) is 8.92. The number of aliphatic hydroxyl groups is 1. The van der Waals surface area contributed by atoms with E-state index >= 15 is 0 Å². The van der Waals surface area contributed by atoms with Gasteiger partial charge in [0.25, 0.3) is 5.91 Å². The minimum Gasteiger partial charge on any atom is -0.373 e. The number of likely N-dealkylation sites (N-methyl/N-ethyl adjacent to an activating group) is 1. The van der Waals surface area contributed by atoms with Gasteiger partial charge in [0.15, 0.2) is 0 Å². The molecule has 2 atom stereocenters. The molecule has 1 amide bonds. The van der Waals surface area contributed by atoms with E-state index in [4.69, 9.17) is 11.6 Å². The fourth-order valence-corrected chi connectivity index (χ4v) is 4.44. The molecular weight excluding hydrogens is 435 g/mol. The van der Waals surface area contributed by atoms with Crippen molar-refractivity contribution in [1.82, 2.24) is 9.62 Å². The average molecular weight is 458 g/mol. The number of anilines is 1. The molecule has 1 saturated heterocycles. The Morgan fingerprint density at radius 3 is 2.59 bits per heavy atom. The smallest absolute Gasteiger partial charge is 0.373 e. The van der Waals surface area contributed by atoms with E-state index in [1.165, 1.54) is 0 Å². The Bertz CT molecular complexity index is 862. The fourth-order valence-electron chi connectivity index (χ4n) is 2.86. The maximum absolute atomic E-state index is 12.7. The van der Waals surface area contributed by atoms with Gasteiger partial charge >= 0.3 is 6.18 Å². The Hall–Kier alpha value is -1.40. The van der Waals surface area contributed by atoms with E-state index < -0.39 is 27.7 Å². The molecule has 0 radical (unpaired) electrons. The molecule has 1 aliphatic heterocycles. The van der Waals surface area contributed by atoms with Crippen molar-refractivity contribution < 1.29 is 31.5 Å². The van der Waals surface area contributed by atoms with Crippen LogP contribution in [0.3, 0.4) is 0 Å². The van der Waals surface area contributed by atoms with Crippen molar-refractivity contribution >= 4 is 33.2 Å². The van der Waals surface area contributed by atoms with Crippen LogP contribution in [0.15, 0.2) is 23.1 Å². The molecule has 29 heavy (non-hydrogen) atoms. The molecule has 0 spiro atoms. The number of halogens is 4. The van der Waals surface area contributed by atoms with Crippen LogP contribution in [0.2, 0.25) is 5.02 Å². The molecule has 1 heterocycles. The first kappa shape index (κ1) is 23.9. The third-order valence-corrected chi connectivity index (χ3v) is 6.60. The Balaban J connectivity index is 2.15. The molecule has 0 saturated carbocycles. The van der Waals surface area contributed by atoms with Gasteiger partial charge in [-0.2, -0.15) is 13.2 Å². The number of carbonyl (C=O) groups is 1. The second-order valence-corrected chi connectivity index (χ2v) is 9.14. The van der Waals surface area contributed by atoms with Gasteiger partial charge in [-0.25, -0.2) is 13.1 Å². The SMILES string of the molecule is CCN1CCC[C@@H](NS(=O)(=O)c2ccc(NC(=O)C(C)(O)C(F)(F)F)c(Cl)c2)C1. The normalized spacial score (nSPS) is 20.9. The molecule has 1 aromatic rings. The van der Waals surface area contributed by atoms with Gasteiger partial charge in [0.2, 0.25) is 15.6 Å². The predicted octanol–water partition coefficient (Wildman–Crippen LogP) is 2.35. The highest BCUT2D eigenvalue weighted by atomic mass is 35.5. The molecule has 0 bridgehead atoms. The molecule has 12 heteroatoms. The van der Waals surface area contributed by atoms with Crippen LogP contribution in [-0.2, 0) is 14.8 Å². The lowest BCUT2D eigenvalue weighted by atomic mass is 10.1. The van der Waals surface area contributed by atoms with Gasteiger partial charge in [0.05, 0.1) is 15.6 Å². The van der Waals surface area contributed by atoms with E-state index in [9.17, 15) is 31.5 Å². The highest BCUT2D eigenvalue weighted by Crippen LogP contribution is 2.32. The summed E-state index contributed by atoms with van der Waals surface area (Å²) in [6, 6.07) is 2.95. The van der Waals surface area contributed by atoms with Crippen LogP contribution < -0.4 is 10.0 Å². The summed E-state index contributed by atoms with van der Waals surface area (Å²) in [6.07, 6.45) is -3.65.